The number of ether oxygens (including phenoxy) is 2. The second kappa shape index (κ2) is 8.70. The Hall–Kier alpha value is -2.83. The number of benzene rings is 3. The molecule has 7 heteroatoms. The summed E-state index contributed by atoms with van der Waals surface area (Å²) < 4.78 is 24.2. The number of anilines is 2. The standard InChI is InChI=1S/C20H16ClFN2O2S/c1-25-16-3-2-4-17(12-16)26-19-10-5-13(21)11-18(19)24-20(27)23-15-8-6-14(22)7-9-15/h2-12H,1H3,(H2,23,24,27). The largest absolute Gasteiger partial charge is 0.497 e. The van der Waals surface area contributed by atoms with Gasteiger partial charge in [-0.05, 0) is 66.8 Å². The molecule has 4 nitrogen and oxygen atoms in total. The van der Waals surface area contributed by atoms with E-state index in [2.05, 4.69) is 10.6 Å². The van der Waals surface area contributed by atoms with E-state index in [0.29, 0.717) is 38.8 Å². The molecule has 0 unspecified atom stereocenters. The Morgan fingerprint density at radius 1 is 0.963 bits per heavy atom. The van der Waals surface area contributed by atoms with Crippen molar-refractivity contribution in [1.29, 1.82) is 0 Å². The van der Waals surface area contributed by atoms with Crippen LogP contribution >= 0.6 is 23.8 Å². The Kier molecular flexibility index (Phi) is 6.11. The fourth-order valence-electron chi connectivity index (χ4n) is 2.30. The van der Waals surface area contributed by atoms with E-state index in [1.54, 1.807) is 43.5 Å². The highest BCUT2D eigenvalue weighted by atomic mass is 35.5. The van der Waals surface area contributed by atoms with Crippen LogP contribution in [0.2, 0.25) is 5.02 Å². The highest BCUT2D eigenvalue weighted by Gasteiger charge is 2.09. The molecule has 0 saturated carbocycles. The van der Waals surface area contributed by atoms with Crippen LogP contribution in [0.15, 0.2) is 66.7 Å². The second-order valence-corrected chi connectivity index (χ2v) is 6.35. The third kappa shape index (κ3) is 5.32. The summed E-state index contributed by atoms with van der Waals surface area (Å²) in [4.78, 5) is 0. The van der Waals surface area contributed by atoms with Gasteiger partial charge in [0.15, 0.2) is 10.9 Å². The van der Waals surface area contributed by atoms with Crippen LogP contribution in [0.4, 0.5) is 15.8 Å². The van der Waals surface area contributed by atoms with Crippen molar-refractivity contribution in [3.05, 3.63) is 77.6 Å². The fraction of sp³-hybridized carbons (Fsp3) is 0.0500. The summed E-state index contributed by atoms with van der Waals surface area (Å²) in [7, 11) is 1.59. The van der Waals surface area contributed by atoms with Gasteiger partial charge in [0.2, 0.25) is 0 Å². The normalized spacial score (nSPS) is 10.2. The van der Waals surface area contributed by atoms with E-state index in [1.165, 1.54) is 12.1 Å². The first-order chi connectivity index (χ1) is 13.0. The van der Waals surface area contributed by atoms with E-state index in [0.717, 1.165) is 0 Å². The molecule has 0 bridgehead atoms. The average Bonchev–Trinajstić information content (AvgIpc) is 2.66. The van der Waals surface area contributed by atoms with Gasteiger partial charge >= 0.3 is 0 Å². The van der Waals surface area contributed by atoms with Crippen molar-refractivity contribution in [3.8, 4) is 17.2 Å². The van der Waals surface area contributed by atoms with Gasteiger partial charge in [-0.15, -0.1) is 0 Å². The van der Waals surface area contributed by atoms with Crippen LogP contribution in [0.3, 0.4) is 0 Å². The number of methoxy groups -OCH3 is 1. The smallest absolute Gasteiger partial charge is 0.175 e. The Balaban J connectivity index is 1.77. The molecule has 0 saturated heterocycles. The maximum atomic E-state index is 13.0. The molecule has 0 aliphatic carbocycles. The zero-order chi connectivity index (χ0) is 19.2. The van der Waals surface area contributed by atoms with Crippen molar-refractivity contribution in [3.63, 3.8) is 0 Å². The molecule has 0 aliphatic heterocycles. The van der Waals surface area contributed by atoms with Crippen LogP contribution in [0.25, 0.3) is 0 Å². The van der Waals surface area contributed by atoms with Crippen molar-refractivity contribution in [1.82, 2.24) is 0 Å². The molecular formula is C20H16ClFN2O2S. The maximum absolute atomic E-state index is 13.0. The van der Waals surface area contributed by atoms with Gasteiger partial charge < -0.3 is 20.1 Å². The van der Waals surface area contributed by atoms with E-state index in [9.17, 15) is 4.39 Å². The highest BCUT2D eigenvalue weighted by Crippen LogP contribution is 2.33. The van der Waals surface area contributed by atoms with Crippen LogP contribution in [0, 0.1) is 5.82 Å². The van der Waals surface area contributed by atoms with Crippen molar-refractivity contribution in [2.45, 2.75) is 0 Å². The van der Waals surface area contributed by atoms with Crippen LogP contribution in [-0.2, 0) is 0 Å². The summed E-state index contributed by atoms with van der Waals surface area (Å²) in [6, 6.07) is 18.3. The van der Waals surface area contributed by atoms with Crippen LogP contribution in [-0.4, -0.2) is 12.2 Å². The average molecular weight is 403 g/mol. The fourth-order valence-corrected chi connectivity index (χ4v) is 2.70. The van der Waals surface area contributed by atoms with Gasteiger partial charge in [-0.2, -0.15) is 0 Å². The lowest BCUT2D eigenvalue weighted by molar-refractivity contribution is 0.409. The van der Waals surface area contributed by atoms with E-state index >= 15 is 0 Å². The first-order valence-electron chi connectivity index (χ1n) is 7.98. The van der Waals surface area contributed by atoms with Crippen molar-refractivity contribution in [2.24, 2.45) is 0 Å². The zero-order valence-corrected chi connectivity index (χ0v) is 15.9. The second-order valence-electron chi connectivity index (χ2n) is 5.51. The Morgan fingerprint density at radius 3 is 2.44 bits per heavy atom. The number of nitrogens with one attached hydrogen (secondary N) is 2. The minimum atomic E-state index is -0.316. The van der Waals surface area contributed by atoms with Gasteiger partial charge in [0, 0.05) is 16.8 Å². The summed E-state index contributed by atoms with van der Waals surface area (Å²) in [6.45, 7) is 0. The number of thiocarbonyl (C=S) groups is 1. The third-order valence-electron chi connectivity index (χ3n) is 3.56. The summed E-state index contributed by atoms with van der Waals surface area (Å²) in [5, 5.41) is 6.88. The lowest BCUT2D eigenvalue weighted by Crippen LogP contribution is -2.19. The molecule has 2 N–H and O–H groups in total. The van der Waals surface area contributed by atoms with Crippen LogP contribution < -0.4 is 20.1 Å². The topological polar surface area (TPSA) is 42.5 Å². The first kappa shape index (κ1) is 18.9. The van der Waals surface area contributed by atoms with Crippen LogP contribution in [0.5, 0.6) is 17.2 Å². The molecule has 0 aliphatic rings. The highest BCUT2D eigenvalue weighted by molar-refractivity contribution is 7.80. The lowest BCUT2D eigenvalue weighted by atomic mass is 10.2. The third-order valence-corrected chi connectivity index (χ3v) is 4.00. The van der Waals surface area contributed by atoms with E-state index in [1.807, 2.05) is 18.2 Å². The number of hydrogen-bond acceptors (Lipinski definition) is 3. The van der Waals surface area contributed by atoms with Gasteiger partial charge in [0.05, 0.1) is 12.8 Å². The zero-order valence-electron chi connectivity index (χ0n) is 14.3. The summed E-state index contributed by atoms with van der Waals surface area (Å²) in [5.41, 5.74) is 1.25. The van der Waals surface area contributed by atoms with E-state index in [-0.39, 0.29) is 5.82 Å². The molecule has 3 aromatic carbocycles. The molecule has 0 fully saturated rings. The molecular weight excluding hydrogens is 387 g/mol. The first-order valence-corrected chi connectivity index (χ1v) is 8.77. The monoisotopic (exact) mass is 402 g/mol. The Morgan fingerprint density at radius 2 is 1.70 bits per heavy atom. The minimum Gasteiger partial charge on any atom is -0.497 e. The number of rotatable bonds is 5. The molecule has 27 heavy (non-hydrogen) atoms. The molecule has 0 aromatic heterocycles. The molecule has 3 rings (SSSR count). The predicted molar refractivity (Wildman–Crippen MR) is 111 cm³/mol. The quantitative estimate of drug-likeness (QED) is 0.505. The molecule has 0 amide bonds. The van der Waals surface area contributed by atoms with Gasteiger partial charge in [-0.3, -0.25) is 0 Å². The molecule has 0 heterocycles. The lowest BCUT2D eigenvalue weighted by Gasteiger charge is -2.15. The van der Waals surface area contributed by atoms with E-state index < -0.39 is 0 Å². The predicted octanol–water partition coefficient (Wildman–Crippen LogP) is 6.09. The summed E-state index contributed by atoms with van der Waals surface area (Å²) in [5.74, 6) is 1.51. The number of hydrogen-bond donors (Lipinski definition) is 2. The molecule has 0 atom stereocenters. The minimum absolute atomic E-state index is 0.316. The molecule has 138 valence electrons. The maximum Gasteiger partial charge on any atom is 0.175 e. The Labute approximate surface area is 166 Å². The van der Waals surface area contributed by atoms with Gasteiger partial charge in [0.1, 0.15) is 17.3 Å². The van der Waals surface area contributed by atoms with Crippen LogP contribution in [0.1, 0.15) is 0 Å². The summed E-state index contributed by atoms with van der Waals surface area (Å²) in [6.07, 6.45) is 0. The van der Waals surface area contributed by atoms with Crippen molar-refractivity contribution >= 4 is 40.3 Å². The van der Waals surface area contributed by atoms with Gasteiger partial charge in [-0.1, -0.05) is 17.7 Å². The SMILES string of the molecule is COc1cccc(Oc2ccc(Cl)cc2NC(=S)Nc2ccc(F)cc2)c1. The summed E-state index contributed by atoms with van der Waals surface area (Å²) >= 11 is 11.4. The molecule has 0 spiro atoms. The van der Waals surface area contributed by atoms with Crippen molar-refractivity contribution < 1.29 is 13.9 Å². The molecule has 0 radical (unpaired) electrons. The van der Waals surface area contributed by atoms with Gasteiger partial charge in [0.25, 0.3) is 0 Å². The number of halogens is 2. The van der Waals surface area contributed by atoms with Gasteiger partial charge in [-0.25, -0.2) is 4.39 Å². The Bertz CT molecular complexity index is 951. The van der Waals surface area contributed by atoms with Crippen molar-refractivity contribution in [2.75, 3.05) is 17.7 Å². The molecule has 3 aromatic rings. The van der Waals surface area contributed by atoms with E-state index in [4.69, 9.17) is 33.3 Å².